The van der Waals surface area contributed by atoms with Crippen LogP contribution >= 0.6 is 0 Å². The molecule has 0 fully saturated rings. The zero-order valence-corrected chi connectivity index (χ0v) is 13.2. The van der Waals surface area contributed by atoms with Crippen LogP contribution in [0.2, 0.25) is 0 Å². The maximum absolute atomic E-state index is 9.80. The van der Waals surface area contributed by atoms with Gasteiger partial charge in [0.1, 0.15) is 34.2 Å². The first-order valence-corrected chi connectivity index (χ1v) is 5.87. The maximum Gasteiger partial charge on any atom is 0.505 e. The third-order valence-electron chi connectivity index (χ3n) is 0.906. The Kier molecular flexibility index (Phi) is 15.0. The summed E-state index contributed by atoms with van der Waals surface area (Å²) in [5.74, 6) is 0. The molecular weight excluding hydrogens is 256 g/mol. The van der Waals surface area contributed by atoms with Crippen molar-refractivity contribution in [2.45, 2.75) is 0 Å². The van der Waals surface area contributed by atoms with Crippen LogP contribution in [0.3, 0.4) is 0 Å². The molecular formula is C6H16O8Si2. The van der Waals surface area contributed by atoms with Crippen LogP contribution in [0.15, 0.2) is 0 Å². The molecule has 0 aromatic rings. The Balaban J connectivity index is 0. The monoisotopic (exact) mass is 272 g/mol. The van der Waals surface area contributed by atoms with Gasteiger partial charge in [-0.15, -0.1) is 0 Å². The Labute approximate surface area is 98.5 Å². The van der Waals surface area contributed by atoms with E-state index in [2.05, 4.69) is 13.6 Å². The predicted molar refractivity (Wildman–Crippen MR) is 59.7 cm³/mol. The van der Waals surface area contributed by atoms with Gasteiger partial charge >= 0.3 is 12.3 Å². The molecule has 0 aliphatic heterocycles. The Morgan fingerprint density at radius 3 is 1.44 bits per heavy atom. The zero-order valence-electron chi connectivity index (χ0n) is 9.17. The van der Waals surface area contributed by atoms with Gasteiger partial charge in [-0.1, -0.05) is 0 Å². The van der Waals surface area contributed by atoms with E-state index in [0.717, 1.165) is 21.0 Å². The van der Waals surface area contributed by atoms with Gasteiger partial charge in [-0.25, -0.2) is 9.59 Å². The summed E-state index contributed by atoms with van der Waals surface area (Å²) in [6, 6.07) is 0. The number of carbonyl (C=O) groups is 2. The number of hydrogen-bond donors (Lipinski definition) is 2. The van der Waals surface area contributed by atoms with Crippen molar-refractivity contribution in [2.24, 2.45) is 0 Å². The minimum absolute atomic E-state index is 0.0786. The molecule has 16 heavy (non-hydrogen) atoms. The van der Waals surface area contributed by atoms with Gasteiger partial charge in [0, 0.05) is 0 Å². The second kappa shape index (κ2) is 13.9. The molecule has 8 nitrogen and oxygen atoms in total. The minimum atomic E-state index is -1.37. The fraction of sp³-hybridized carbons (Fsp3) is 0.667. The molecule has 10 heteroatoms. The summed E-state index contributed by atoms with van der Waals surface area (Å²) >= 11 is 0. The first-order valence-electron chi connectivity index (χ1n) is 4.23. The van der Waals surface area contributed by atoms with Gasteiger partial charge in [0.05, 0.1) is 13.2 Å². The average molecular weight is 272 g/mol. The molecule has 0 aromatic heterocycles. The Morgan fingerprint density at radius 1 is 0.875 bits per heavy atom. The summed E-state index contributed by atoms with van der Waals surface area (Å²) in [5.41, 5.74) is 0. The molecule has 0 saturated heterocycles. The minimum Gasteiger partial charge on any atom is -0.471 e. The average Bonchev–Trinajstić information content (AvgIpc) is 2.16. The lowest BCUT2D eigenvalue weighted by molar-refractivity contribution is 0.0230. The quantitative estimate of drug-likeness (QED) is 0.323. The van der Waals surface area contributed by atoms with Crippen molar-refractivity contribution in [3.8, 4) is 0 Å². The van der Waals surface area contributed by atoms with E-state index in [1.54, 1.807) is 0 Å². The van der Waals surface area contributed by atoms with Crippen LogP contribution in [0.4, 0.5) is 9.59 Å². The third-order valence-corrected chi connectivity index (χ3v) is 0.906. The lowest BCUT2D eigenvalue weighted by Gasteiger charge is -2.02. The van der Waals surface area contributed by atoms with Gasteiger partial charge in [0.2, 0.25) is 0 Å². The number of rotatable bonds is 6. The van der Waals surface area contributed by atoms with Crippen molar-refractivity contribution >= 4 is 33.3 Å². The molecule has 0 amide bonds. The molecule has 0 aliphatic rings. The summed E-state index contributed by atoms with van der Waals surface area (Å²) < 4.78 is 17.5. The highest BCUT2D eigenvalue weighted by molar-refractivity contribution is 6.15. The van der Waals surface area contributed by atoms with Crippen LogP contribution < -0.4 is 0 Å². The van der Waals surface area contributed by atoms with Gasteiger partial charge in [-0.2, -0.15) is 0 Å². The molecule has 0 unspecified atom stereocenters. The molecule has 0 atom stereocenters. The van der Waals surface area contributed by atoms with E-state index < -0.39 is 12.3 Å². The lowest BCUT2D eigenvalue weighted by Crippen LogP contribution is -2.12. The molecule has 2 N–H and O–H groups in total. The van der Waals surface area contributed by atoms with Crippen LogP contribution in [0, 0.1) is 0 Å². The summed E-state index contributed by atoms with van der Waals surface area (Å²) in [4.78, 5) is 19.6. The molecule has 0 aliphatic carbocycles. The van der Waals surface area contributed by atoms with E-state index in [1.807, 2.05) is 0 Å². The van der Waals surface area contributed by atoms with Crippen molar-refractivity contribution < 1.29 is 38.1 Å². The van der Waals surface area contributed by atoms with Crippen molar-refractivity contribution in [3.05, 3.63) is 0 Å². The summed E-state index contributed by atoms with van der Waals surface area (Å²) in [6.07, 6.45) is -2.74. The number of hydrogen-bond acceptors (Lipinski definition) is 6. The largest absolute Gasteiger partial charge is 0.505 e. The third kappa shape index (κ3) is 23.1. The van der Waals surface area contributed by atoms with Gasteiger partial charge in [0.15, 0.2) is 0 Å². The fourth-order valence-electron chi connectivity index (χ4n) is 0.478. The topological polar surface area (TPSA) is 112 Å². The van der Waals surface area contributed by atoms with Crippen LogP contribution in [0.25, 0.3) is 0 Å². The molecule has 0 radical (unpaired) electrons. The van der Waals surface area contributed by atoms with E-state index in [-0.39, 0.29) is 26.4 Å². The highest BCUT2D eigenvalue weighted by atomic mass is 28.3. The summed E-state index contributed by atoms with van der Waals surface area (Å²) in [7, 11) is 1.86. The Hall–Kier alpha value is -1.11. The Morgan fingerprint density at radius 2 is 1.19 bits per heavy atom. The second-order valence-corrected chi connectivity index (χ2v) is 5.52. The zero-order chi connectivity index (χ0) is 12.8. The molecule has 0 rings (SSSR count). The highest BCUT2D eigenvalue weighted by Crippen LogP contribution is 1.81. The smallest absolute Gasteiger partial charge is 0.471 e. The number of carboxylic acid groups (broad SMARTS) is 2. The van der Waals surface area contributed by atoms with Crippen LogP contribution in [0.5, 0.6) is 0 Å². The van der Waals surface area contributed by atoms with Crippen molar-refractivity contribution in [1.82, 2.24) is 0 Å². The molecule has 0 spiro atoms. The standard InChI is InChI=1S/C6H10O7.H6OSi2/c7-5(8)12-3-1-11-2-4-13-6(9)10;2-1-3/h1-4H2,(H,7,8)(H,9,10);2-3H3. The van der Waals surface area contributed by atoms with E-state index in [0.29, 0.717) is 0 Å². The molecule has 0 heterocycles. The highest BCUT2D eigenvalue weighted by Gasteiger charge is 1.97. The second-order valence-electron chi connectivity index (χ2n) is 2.25. The van der Waals surface area contributed by atoms with Gasteiger partial charge < -0.3 is 28.5 Å². The van der Waals surface area contributed by atoms with E-state index in [1.165, 1.54) is 0 Å². The van der Waals surface area contributed by atoms with Crippen molar-refractivity contribution in [1.29, 1.82) is 0 Å². The predicted octanol–water partition coefficient (Wildman–Crippen LogP) is -2.04. The Bertz CT molecular complexity index is 169. The van der Waals surface area contributed by atoms with Gasteiger partial charge in [-0.05, 0) is 0 Å². The summed E-state index contributed by atoms with van der Waals surface area (Å²) in [5, 5.41) is 16.0. The van der Waals surface area contributed by atoms with Crippen LogP contribution in [0.1, 0.15) is 0 Å². The first-order chi connectivity index (χ1) is 7.54. The maximum atomic E-state index is 9.80. The molecule has 0 bridgehead atoms. The molecule has 96 valence electrons. The van der Waals surface area contributed by atoms with E-state index in [4.69, 9.17) is 14.9 Å². The van der Waals surface area contributed by atoms with Crippen molar-refractivity contribution in [3.63, 3.8) is 0 Å². The fourth-order valence-corrected chi connectivity index (χ4v) is 0.478. The summed E-state index contributed by atoms with van der Waals surface area (Å²) in [6.45, 7) is -0.00460. The van der Waals surface area contributed by atoms with Crippen LogP contribution in [-0.2, 0) is 18.3 Å². The van der Waals surface area contributed by atoms with E-state index >= 15 is 0 Å². The lowest BCUT2D eigenvalue weighted by atomic mass is 10.7. The van der Waals surface area contributed by atoms with E-state index in [9.17, 15) is 9.59 Å². The van der Waals surface area contributed by atoms with Crippen molar-refractivity contribution in [2.75, 3.05) is 26.4 Å². The van der Waals surface area contributed by atoms with Crippen LogP contribution in [-0.4, -0.2) is 69.9 Å². The van der Waals surface area contributed by atoms with Gasteiger partial charge in [-0.3, -0.25) is 0 Å². The first kappa shape index (κ1) is 17.3. The molecule has 0 saturated carbocycles. The molecule has 0 aromatic carbocycles. The number of ether oxygens (including phenoxy) is 3. The normalized spacial score (nSPS) is 9.00. The van der Waals surface area contributed by atoms with Gasteiger partial charge in [0.25, 0.3) is 0 Å². The SMILES string of the molecule is O=C(O)OCCOCCOC(=O)O.[SiH3]O[SiH3].